The van der Waals surface area contributed by atoms with Crippen molar-refractivity contribution < 1.29 is 13.0 Å². The van der Waals surface area contributed by atoms with Gasteiger partial charge in [-0.05, 0) is 55.3 Å². The van der Waals surface area contributed by atoms with E-state index < -0.39 is 20.4 Å². The van der Waals surface area contributed by atoms with Crippen LogP contribution in [0.4, 0.5) is 0 Å². The lowest BCUT2D eigenvalue weighted by Crippen LogP contribution is -2.10. The molecule has 150 valence electrons. The molecule has 0 aliphatic carbocycles. The summed E-state index contributed by atoms with van der Waals surface area (Å²) in [5, 5.41) is 1.35. The number of rotatable bonds is 1. The number of nitrogens with one attached hydrogen (secondary N) is 2. The molecule has 0 fully saturated rings. The van der Waals surface area contributed by atoms with E-state index in [1.165, 1.54) is 18.2 Å². The Kier molecular flexibility index (Phi) is 3.71. The first-order valence-corrected chi connectivity index (χ1v) is 10.6. The van der Waals surface area contributed by atoms with Crippen LogP contribution in [-0.2, 0) is 10.1 Å². The smallest absolute Gasteiger partial charge is 0.296 e. The number of aryl methyl sites for hydroxylation is 2. The summed E-state index contributed by atoms with van der Waals surface area (Å²) in [4.78, 5) is 32.0. The molecule has 2 heterocycles. The van der Waals surface area contributed by atoms with Crippen LogP contribution in [0.5, 0.6) is 0 Å². The third-order valence-corrected chi connectivity index (χ3v) is 6.59. The van der Waals surface area contributed by atoms with E-state index in [0.29, 0.717) is 27.2 Å². The predicted octanol–water partition coefficient (Wildman–Crippen LogP) is 3.54. The van der Waals surface area contributed by atoms with Gasteiger partial charge in [0.1, 0.15) is 4.90 Å². The zero-order valence-electron chi connectivity index (χ0n) is 16.0. The molecule has 2 aromatic heterocycles. The number of hydrogen-bond donors (Lipinski definition) is 3. The van der Waals surface area contributed by atoms with Crippen molar-refractivity contribution in [2.24, 2.45) is 0 Å². The van der Waals surface area contributed by atoms with Crippen molar-refractivity contribution in [3.63, 3.8) is 0 Å². The van der Waals surface area contributed by atoms with Crippen molar-refractivity contribution in [1.82, 2.24) is 9.97 Å². The highest BCUT2D eigenvalue weighted by Gasteiger charge is 2.18. The van der Waals surface area contributed by atoms with E-state index in [-0.39, 0.29) is 16.3 Å². The second kappa shape index (κ2) is 6.01. The Morgan fingerprint density at radius 2 is 1.33 bits per heavy atom. The third kappa shape index (κ3) is 2.51. The van der Waals surface area contributed by atoms with Crippen LogP contribution in [0.25, 0.3) is 43.6 Å². The van der Waals surface area contributed by atoms with Crippen LogP contribution in [0.2, 0.25) is 0 Å². The standard InChI is InChI=1S/C22H16N2O5S/c1-10-6-7-13-19(11(10)2)23-16-8-15-17(9-14(16)22(13)26)24-20-12(21(15)25)4-3-5-18(20)30(27,28)29/h3-9H,1-2H3,(H,23,26)(H,24,25)(H,27,28,29). The van der Waals surface area contributed by atoms with E-state index in [4.69, 9.17) is 0 Å². The van der Waals surface area contributed by atoms with Crippen LogP contribution < -0.4 is 10.9 Å². The largest absolute Gasteiger partial charge is 0.354 e. The van der Waals surface area contributed by atoms with Gasteiger partial charge < -0.3 is 9.97 Å². The van der Waals surface area contributed by atoms with Crippen molar-refractivity contribution in [3.05, 3.63) is 74.0 Å². The molecular weight excluding hydrogens is 404 g/mol. The van der Waals surface area contributed by atoms with Gasteiger partial charge in [0, 0.05) is 21.5 Å². The molecule has 0 saturated heterocycles. The van der Waals surface area contributed by atoms with E-state index in [2.05, 4.69) is 9.97 Å². The number of pyridine rings is 2. The van der Waals surface area contributed by atoms with Crippen LogP contribution in [-0.4, -0.2) is 22.9 Å². The van der Waals surface area contributed by atoms with Gasteiger partial charge in [-0.3, -0.25) is 14.1 Å². The summed E-state index contributed by atoms with van der Waals surface area (Å²) in [5.74, 6) is 0. The highest BCUT2D eigenvalue weighted by atomic mass is 32.2. The Morgan fingerprint density at radius 3 is 1.93 bits per heavy atom. The van der Waals surface area contributed by atoms with Crippen LogP contribution in [0, 0.1) is 13.8 Å². The minimum atomic E-state index is -4.54. The first-order valence-electron chi connectivity index (χ1n) is 9.19. The first kappa shape index (κ1) is 18.5. The Hall–Kier alpha value is -3.49. The van der Waals surface area contributed by atoms with E-state index in [9.17, 15) is 22.6 Å². The summed E-state index contributed by atoms with van der Waals surface area (Å²) < 4.78 is 33.0. The van der Waals surface area contributed by atoms with E-state index in [1.54, 1.807) is 18.2 Å². The summed E-state index contributed by atoms with van der Waals surface area (Å²) in [6.45, 7) is 3.89. The van der Waals surface area contributed by atoms with Crippen molar-refractivity contribution >= 4 is 53.7 Å². The number of H-pyrrole nitrogens is 2. The summed E-state index contributed by atoms with van der Waals surface area (Å²) in [6, 6.07) is 10.9. The Morgan fingerprint density at radius 1 is 0.767 bits per heavy atom. The molecule has 7 nitrogen and oxygen atoms in total. The number of hydrogen-bond acceptors (Lipinski definition) is 4. The maximum atomic E-state index is 13.1. The Balaban J connectivity index is 2.01. The molecule has 0 amide bonds. The van der Waals surface area contributed by atoms with Crippen molar-refractivity contribution in [2.75, 3.05) is 0 Å². The highest BCUT2D eigenvalue weighted by molar-refractivity contribution is 7.86. The van der Waals surface area contributed by atoms with E-state index >= 15 is 0 Å². The maximum absolute atomic E-state index is 13.1. The topological polar surface area (TPSA) is 120 Å². The SMILES string of the molecule is Cc1ccc2c(=O)c3cc4[nH]c5c(S(=O)(=O)O)cccc5c(=O)c4cc3[nH]c2c1C. The third-order valence-electron chi connectivity index (χ3n) is 5.70. The maximum Gasteiger partial charge on any atom is 0.296 e. The molecule has 0 aliphatic heterocycles. The van der Waals surface area contributed by atoms with E-state index in [1.807, 2.05) is 19.9 Å². The molecule has 0 spiro atoms. The van der Waals surface area contributed by atoms with Gasteiger partial charge >= 0.3 is 0 Å². The quantitative estimate of drug-likeness (QED) is 0.283. The van der Waals surface area contributed by atoms with Crippen molar-refractivity contribution in [1.29, 1.82) is 0 Å². The number of aromatic amines is 2. The minimum Gasteiger partial charge on any atom is -0.354 e. The fraction of sp³-hybridized carbons (Fsp3) is 0.0909. The first-order chi connectivity index (χ1) is 14.2. The molecular formula is C22H16N2O5S. The molecule has 3 N–H and O–H groups in total. The van der Waals surface area contributed by atoms with Gasteiger partial charge in [0.05, 0.1) is 22.1 Å². The molecule has 0 radical (unpaired) electrons. The average molecular weight is 420 g/mol. The lowest BCUT2D eigenvalue weighted by molar-refractivity contribution is 0.484. The fourth-order valence-corrected chi connectivity index (χ4v) is 4.64. The number of fused-ring (bicyclic) bond motifs is 4. The fourth-order valence-electron chi connectivity index (χ4n) is 3.97. The van der Waals surface area contributed by atoms with Crippen LogP contribution in [0.3, 0.4) is 0 Å². The second-order valence-corrected chi connectivity index (χ2v) is 8.83. The molecule has 3 aromatic carbocycles. The Bertz CT molecular complexity index is 1780. The monoisotopic (exact) mass is 420 g/mol. The zero-order chi connectivity index (χ0) is 21.4. The van der Waals surface area contributed by atoms with Gasteiger partial charge in [-0.1, -0.05) is 12.1 Å². The summed E-state index contributed by atoms with van der Waals surface area (Å²) in [7, 11) is -4.54. The van der Waals surface area contributed by atoms with Gasteiger partial charge in [0.15, 0.2) is 10.9 Å². The van der Waals surface area contributed by atoms with E-state index in [0.717, 1.165) is 16.6 Å². The summed E-state index contributed by atoms with van der Waals surface area (Å²) in [5.41, 5.74) is 2.96. The zero-order valence-corrected chi connectivity index (χ0v) is 16.8. The van der Waals surface area contributed by atoms with Gasteiger partial charge in [-0.2, -0.15) is 8.42 Å². The van der Waals surface area contributed by atoms with Crippen LogP contribution in [0.15, 0.2) is 56.9 Å². The highest BCUT2D eigenvalue weighted by Crippen LogP contribution is 2.26. The van der Waals surface area contributed by atoms with Gasteiger partial charge in [-0.25, -0.2) is 0 Å². The van der Waals surface area contributed by atoms with Gasteiger partial charge in [0.2, 0.25) is 0 Å². The molecule has 0 aliphatic rings. The summed E-state index contributed by atoms with van der Waals surface area (Å²) >= 11 is 0. The molecule has 0 saturated carbocycles. The second-order valence-electron chi connectivity index (χ2n) is 7.44. The lowest BCUT2D eigenvalue weighted by Gasteiger charge is -2.10. The molecule has 5 aromatic rings. The predicted molar refractivity (Wildman–Crippen MR) is 117 cm³/mol. The number of aromatic nitrogens is 2. The van der Waals surface area contributed by atoms with Gasteiger partial charge in [0.25, 0.3) is 10.1 Å². The van der Waals surface area contributed by atoms with Crippen molar-refractivity contribution in [3.8, 4) is 0 Å². The lowest BCUT2D eigenvalue weighted by atomic mass is 10.0. The number of para-hydroxylation sites is 1. The van der Waals surface area contributed by atoms with Gasteiger partial charge in [-0.15, -0.1) is 0 Å². The average Bonchev–Trinajstić information content (AvgIpc) is 2.70. The molecule has 5 rings (SSSR count). The minimum absolute atomic E-state index is 0.000497. The molecule has 30 heavy (non-hydrogen) atoms. The Labute approximate surface area is 169 Å². The number of benzene rings is 3. The normalized spacial score (nSPS) is 12.4. The molecule has 0 bridgehead atoms. The molecule has 0 unspecified atom stereocenters. The molecule has 8 heteroatoms. The van der Waals surface area contributed by atoms with Crippen LogP contribution in [0.1, 0.15) is 11.1 Å². The summed E-state index contributed by atoms with van der Waals surface area (Å²) in [6.07, 6.45) is 0. The van der Waals surface area contributed by atoms with Crippen molar-refractivity contribution in [2.45, 2.75) is 18.7 Å². The van der Waals surface area contributed by atoms with Crippen LogP contribution >= 0.6 is 0 Å². The molecule has 0 atom stereocenters.